The van der Waals surface area contributed by atoms with Crippen molar-refractivity contribution < 1.29 is 4.74 Å². The monoisotopic (exact) mass is 412 g/mol. The van der Waals surface area contributed by atoms with Crippen molar-refractivity contribution >= 4 is 34.8 Å². The Balaban J connectivity index is 1.89. The summed E-state index contributed by atoms with van der Waals surface area (Å²) in [6, 6.07) is 26.6. The summed E-state index contributed by atoms with van der Waals surface area (Å²) in [5.74, 6) is 1.83. The van der Waals surface area contributed by atoms with Crippen LogP contribution in [0.1, 0.15) is 34.6 Å². The van der Waals surface area contributed by atoms with Gasteiger partial charge < -0.3 is 4.74 Å². The van der Waals surface area contributed by atoms with Crippen LogP contribution in [0.15, 0.2) is 72.8 Å². The fraction of sp³-hybridized carbons (Fsp3) is 0.286. The van der Waals surface area contributed by atoms with E-state index in [0.717, 1.165) is 5.75 Å². The lowest BCUT2D eigenvalue weighted by atomic mass is 9.92. The minimum absolute atomic E-state index is 0.173. The van der Waals surface area contributed by atoms with Crippen LogP contribution in [0.3, 0.4) is 0 Å². The standard InChI is InChI=1S/C28H29OP/c1-18(2)27-29-24-16-10-15-23(26(24)30(27)28(3,4)5)25-21-13-8-6-11-19(21)17-20-12-7-9-14-22(20)25/h6-18,27H,1-5H3/t27-,30?/m0/s1. The van der Waals surface area contributed by atoms with Gasteiger partial charge in [0, 0.05) is 5.30 Å². The molecule has 30 heavy (non-hydrogen) atoms. The SMILES string of the molecule is CC(C)[C@H]1Oc2cccc(-c3c4ccccc4cc4ccccc34)c2P1C(C)(C)C. The van der Waals surface area contributed by atoms with Crippen molar-refractivity contribution in [1.29, 1.82) is 0 Å². The smallest absolute Gasteiger partial charge is 0.128 e. The molecule has 1 nitrogen and oxygen atoms in total. The molecule has 0 amide bonds. The first kappa shape index (κ1) is 19.6. The van der Waals surface area contributed by atoms with Crippen molar-refractivity contribution in [3.05, 3.63) is 72.8 Å². The second-order valence-corrected chi connectivity index (χ2v) is 12.7. The quantitative estimate of drug-likeness (QED) is 0.240. The average Bonchev–Trinajstić information content (AvgIpc) is 3.13. The highest BCUT2D eigenvalue weighted by atomic mass is 31.1. The molecular weight excluding hydrogens is 383 g/mol. The first-order valence-corrected chi connectivity index (χ1v) is 12.3. The van der Waals surface area contributed by atoms with Gasteiger partial charge in [-0.25, -0.2) is 0 Å². The number of fused-ring (bicyclic) bond motifs is 3. The molecule has 1 aliphatic rings. The summed E-state index contributed by atoms with van der Waals surface area (Å²) in [5.41, 5.74) is 2.70. The van der Waals surface area contributed by atoms with Crippen molar-refractivity contribution in [3.63, 3.8) is 0 Å². The number of benzene rings is 4. The van der Waals surface area contributed by atoms with Gasteiger partial charge in [0.2, 0.25) is 0 Å². The molecule has 4 aromatic carbocycles. The molecule has 0 spiro atoms. The van der Waals surface area contributed by atoms with Crippen LogP contribution in [0.5, 0.6) is 5.75 Å². The zero-order chi connectivity index (χ0) is 21.0. The summed E-state index contributed by atoms with van der Waals surface area (Å²) in [4.78, 5) is 0. The van der Waals surface area contributed by atoms with E-state index in [0.29, 0.717) is 5.92 Å². The van der Waals surface area contributed by atoms with E-state index in [1.807, 2.05) is 0 Å². The Kier molecular flexibility index (Phi) is 4.64. The normalized spacial score (nSPS) is 18.7. The summed E-state index contributed by atoms with van der Waals surface area (Å²) >= 11 is 0. The topological polar surface area (TPSA) is 9.23 Å². The zero-order valence-corrected chi connectivity index (χ0v) is 19.3. The molecule has 152 valence electrons. The summed E-state index contributed by atoms with van der Waals surface area (Å²) in [7, 11) is -0.482. The lowest BCUT2D eigenvalue weighted by Crippen LogP contribution is -2.27. The van der Waals surface area contributed by atoms with Gasteiger partial charge in [0.05, 0.1) is 0 Å². The third-order valence-electron chi connectivity index (χ3n) is 6.08. The maximum absolute atomic E-state index is 6.62. The first-order valence-electron chi connectivity index (χ1n) is 10.9. The predicted molar refractivity (Wildman–Crippen MR) is 132 cm³/mol. The Hall–Kier alpha value is -2.37. The molecule has 1 heterocycles. The van der Waals surface area contributed by atoms with Crippen LogP contribution >= 0.6 is 7.92 Å². The number of rotatable bonds is 2. The van der Waals surface area contributed by atoms with Gasteiger partial charge >= 0.3 is 0 Å². The maximum Gasteiger partial charge on any atom is 0.128 e. The minimum atomic E-state index is -0.482. The van der Waals surface area contributed by atoms with Gasteiger partial charge in [-0.15, -0.1) is 0 Å². The second kappa shape index (κ2) is 7.10. The fourth-order valence-electron chi connectivity index (χ4n) is 4.83. The van der Waals surface area contributed by atoms with E-state index in [-0.39, 0.29) is 11.0 Å². The van der Waals surface area contributed by atoms with Crippen molar-refractivity contribution in [1.82, 2.24) is 0 Å². The van der Waals surface area contributed by atoms with Crippen molar-refractivity contribution in [2.75, 3.05) is 0 Å². The van der Waals surface area contributed by atoms with E-state index >= 15 is 0 Å². The van der Waals surface area contributed by atoms with Crippen molar-refractivity contribution in [3.8, 4) is 16.9 Å². The van der Waals surface area contributed by atoms with E-state index in [4.69, 9.17) is 4.74 Å². The molecule has 0 fully saturated rings. The Morgan fingerprint density at radius 1 is 0.800 bits per heavy atom. The summed E-state index contributed by atoms with van der Waals surface area (Å²) in [6.45, 7) is 11.7. The third-order valence-corrected chi connectivity index (χ3v) is 9.67. The molecule has 5 rings (SSSR count). The van der Waals surface area contributed by atoms with Gasteiger partial charge in [0.15, 0.2) is 0 Å². The van der Waals surface area contributed by atoms with Crippen molar-refractivity contribution in [2.45, 2.75) is 45.6 Å². The van der Waals surface area contributed by atoms with Gasteiger partial charge in [0.25, 0.3) is 0 Å². The molecule has 0 N–H and O–H groups in total. The highest BCUT2D eigenvalue weighted by Crippen LogP contribution is 2.62. The average molecular weight is 413 g/mol. The first-order chi connectivity index (χ1) is 14.4. The lowest BCUT2D eigenvalue weighted by molar-refractivity contribution is 0.240. The molecule has 4 aromatic rings. The molecule has 0 aliphatic carbocycles. The van der Waals surface area contributed by atoms with E-state index in [9.17, 15) is 0 Å². The zero-order valence-electron chi connectivity index (χ0n) is 18.4. The van der Waals surface area contributed by atoms with Crippen LogP contribution in [0.4, 0.5) is 0 Å². The molecule has 0 saturated carbocycles. The number of ether oxygens (including phenoxy) is 1. The largest absolute Gasteiger partial charge is 0.485 e. The van der Waals surface area contributed by atoms with Crippen LogP contribution in [0.25, 0.3) is 32.7 Å². The van der Waals surface area contributed by atoms with Gasteiger partial charge in [-0.1, -0.05) is 95.3 Å². The summed E-state index contributed by atoms with van der Waals surface area (Å²) < 4.78 is 6.62. The Morgan fingerprint density at radius 3 is 1.97 bits per heavy atom. The fourth-order valence-corrected chi connectivity index (χ4v) is 8.15. The third kappa shape index (κ3) is 3.03. The molecule has 1 unspecified atom stereocenters. The van der Waals surface area contributed by atoms with Crippen LogP contribution in [-0.4, -0.2) is 11.0 Å². The summed E-state index contributed by atoms with van der Waals surface area (Å²) in [6.07, 6.45) is 0. The van der Waals surface area contributed by atoms with Crippen LogP contribution in [0, 0.1) is 5.92 Å². The lowest BCUT2D eigenvalue weighted by Gasteiger charge is -2.34. The van der Waals surface area contributed by atoms with Crippen molar-refractivity contribution in [2.24, 2.45) is 5.92 Å². The van der Waals surface area contributed by atoms with E-state index in [1.54, 1.807) is 0 Å². The van der Waals surface area contributed by atoms with Crippen LogP contribution in [-0.2, 0) is 0 Å². The molecule has 0 aromatic heterocycles. The highest BCUT2D eigenvalue weighted by Gasteiger charge is 2.44. The van der Waals surface area contributed by atoms with Gasteiger partial charge in [0.1, 0.15) is 11.6 Å². The molecule has 0 radical (unpaired) electrons. The molecule has 1 aliphatic heterocycles. The molecule has 0 bridgehead atoms. The maximum atomic E-state index is 6.62. The Morgan fingerprint density at radius 2 is 1.40 bits per heavy atom. The summed E-state index contributed by atoms with van der Waals surface area (Å²) in [5, 5.41) is 6.85. The Bertz CT molecular complexity index is 1190. The molecular formula is C28H29OP. The van der Waals surface area contributed by atoms with Gasteiger partial charge in [-0.3, -0.25) is 0 Å². The second-order valence-electron chi connectivity index (χ2n) is 9.64. The molecule has 0 saturated heterocycles. The Labute approximate surface area is 180 Å². The van der Waals surface area contributed by atoms with Gasteiger partial charge in [-0.05, 0) is 63.8 Å². The van der Waals surface area contributed by atoms with E-state index in [1.165, 1.54) is 38.0 Å². The minimum Gasteiger partial charge on any atom is -0.485 e. The predicted octanol–water partition coefficient (Wildman–Crippen LogP) is 7.94. The van der Waals surface area contributed by atoms with Gasteiger partial charge in [-0.2, -0.15) is 0 Å². The number of hydrogen-bond acceptors (Lipinski definition) is 1. The van der Waals surface area contributed by atoms with E-state index < -0.39 is 7.92 Å². The molecule has 2 atom stereocenters. The number of hydrogen-bond donors (Lipinski definition) is 0. The van der Waals surface area contributed by atoms with Crippen LogP contribution < -0.4 is 10.0 Å². The molecule has 2 heteroatoms. The highest BCUT2D eigenvalue weighted by molar-refractivity contribution is 7.68. The van der Waals surface area contributed by atoms with Crippen LogP contribution in [0.2, 0.25) is 0 Å². The van der Waals surface area contributed by atoms with E-state index in [2.05, 4.69) is 107 Å².